The van der Waals surface area contributed by atoms with E-state index in [1.54, 1.807) is 0 Å². The monoisotopic (exact) mass is 1150 g/mol. The normalized spacial score (nSPS) is 27.5. The van der Waals surface area contributed by atoms with Crippen LogP contribution in [0.4, 0.5) is 11.4 Å². The summed E-state index contributed by atoms with van der Waals surface area (Å²) in [6.07, 6.45) is 21.6. The van der Waals surface area contributed by atoms with Gasteiger partial charge in [0, 0.05) is 124 Å². The molecule has 1 amide bonds. The fraction of sp³-hybridized carbons (Fsp3) is 0.661. The van der Waals surface area contributed by atoms with Crippen molar-refractivity contribution in [3.8, 4) is 0 Å². The second kappa shape index (κ2) is 23.4. The van der Waals surface area contributed by atoms with Crippen molar-refractivity contribution in [1.29, 1.82) is 0 Å². The summed E-state index contributed by atoms with van der Waals surface area (Å²) in [6, 6.07) is 4.18. The Labute approximate surface area is 489 Å². The van der Waals surface area contributed by atoms with Crippen molar-refractivity contribution >= 4 is 72.3 Å². The topological polar surface area (TPSA) is 226 Å². The quantitative estimate of drug-likeness (QED) is 0.119. The zero-order chi connectivity index (χ0) is 54.8. The fourth-order valence-electron chi connectivity index (χ4n) is 14.8. The first-order chi connectivity index (χ1) is 38.0. The van der Waals surface area contributed by atoms with Gasteiger partial charge in [0.25, 0.3) is 0 Å². The Balaban J connectivity index is 0.000000157. The van der Waals surface area contributed by atoms with E-state index in [4.69, 9.17) is 40.5 Å². The highest BCUT2D eigenvalue weighted by Crippen LogP contribution is 2.54. The Bertz CT molecular complexity index is 3210. The van der Waals surface area contributed by atoms with Crippen LogP contribution in [0.1, 0.15) is 135 Å². The highest BCUT2D eigenvalue weighted by Gasteiger charge is 2.51. The van der Waals surface area contributed by atoms with Gasteiger partial charge in [0.05, 0.1) is 71.7 Å². The number of carbonyl (C=O) groups is 2. The van der Waals surface area contributed by atoms with Gasteiger partial charge in [-0.3, -0.25) is 28.3 Å². The van der Waals surface area contributed by atoms with E-state index in [1.807, 2.05) is 35.9 Å². The van der Waals surface area contributed by atoms with E-state index in [1.165, 1.54) is 78.1 Å². The standard InChI is InChI=1S/C29H40N8O2.C24H33N7.C6H10O3.2H2S/c1-19-14-25(21-15-31-35(3)26(21)32-19)36-12-4-24-22(16-36)20(2)34-37(24)18-28-5-8-29(9-6-28,10-7-28)33-27(38)23-17-39-13-11-30-23;1-16-12-21(18-13-26-29(3)22(18)27-16)30-11-4-20-19(14-30)17(2)28-31(20)15-23-5-8-24(25,9-6-23)10-7-23;7-6(8)5-2-1-3-9-4-5;;/h14-15,23,30H,4-13,16-18H2,1-3H3,(H,33,38);12-13H,4-11,14-15,25H2,1-3H3;5H,1-4H2,(H,7,8);2*1H2/t;;5-;;/m..0../s1. The van der Waals surface area contributed by atoms with Gasteiger partial charge in [-0.25, -0.2) is 9.97 Å². The maximum Gasteiger partial charge on any atom is 0.308 e. The van der Waals surface area contributed by atoms with Crippen LogP contribution in [0.5, 0.6) is 0 Å². The molecule has 10 heterocycles. The number of carboxylic acid groups (broad SMARTS) is 1. The second-order valence-electron chi connectivity index (χ2n) is 25.2. The maximum absolute atomic E-state index is 12.9. The first-order valence-electron chi connectivity index (χ1n) is 29.4. The molecule has 6 saturated carbocycles. The molecule has 16 rings (SSSR count). The molecule has 1 unspecified atom stereocenters. The van der Waals surface area contributed by atoms with E-state index in [0.717, 1.165) is 156 Å². The summed E-state index contributed by atoms with van der Waals surface area (Å²) in [5, 5.41) is 36.5. The number of nitrogens with zero attached hydrogens (tertiary/aromatic N) is 12. The van der Waals surface area contributed by atoms with Gasteiger partial charge in [-0.05, 0) is 141 Å². The summed E-state index contributed by atoms with van der Waals surface area (Å²) in [4.78, 5) is 37.6. The number of pyridine rings is 2. The Morgan fingerprint density at radius 1 is 0.704 bits per heavy atom. The number of carbonyl (C=O) groups excluding carboxylic acids is 1. The molecule has 0 radical (unpaired) electrons. The number of hydrogen-bond donors (Lipinski definition) is 4. The lowest BCUT2D eigenvalue weighted by Gasteiger charge is -2.54. The molecule has 4 aliphatic heterocycles. The second-order valence-corrected chi connectivity index (χ2v) is 25.2. The summed E-state index contributed by atoms with van der Waals surface area (Å²) in [5.41, 5.74) is 21.7. The lowest BCUT2D eigenvalue weighted by atomic mass is 9.57. The molecule has 6 aliphatic carbocycles. The third kappa shape index (κ3) is 11.7. The number of aliphatic carboxylic acids is 1. The molecule has 22 heteroatoms. The van der Waals surface area contributed by atoms with Crippen LogP contribution in [-0.2, 0) is 72.2 Å². The number of carboxylic acids is 1. The van der Waals surface area contributed by atoms with Crippen LogP contribution in [0.25, 0.3) is 22.1 Å². The van der Waals surface area contributed by atoms with E-state index in [2.05, 4.69) is 79.8 Å². The highest BCUT2D eigenvalue weighted by molar-refractivity contribution is 7.59. The Morgan fingerprint density at radius 3 is 1.62 bits per heavy atom. The number of aromatic nitrogens is 10. The molecule has 10 aliphatic rings. The predicted molar refractivity (Wildman–Crippen MR) is 323 cm³/mol. The Hall–Kier alpha value is -5.26. The minimum absolute atomic E-state index is 0. The van der Waals surface area contributed by atoms with Crippen molar-refractivity contribution in [3.05, 3.63) is 69.8 Å². The van der Waals surface area contributed by atoms with E-state index in [9.17, 15) is 9.59 Å². The summed E-state index contributed by atoms with van der Waals surface area (Å²) in [6.45, 7) is 17.3. The molecule has 6 aromatic heterocycles. The van der Waals surface area contributed by atoms with Crippen molar-refractivity contribution in [2.45, 2.75) is 174 Å². The van der Waals surface area contributed by atoms with Crippen molar-refractivity contribution in [2.24, 2.45) is 36.6 Å². The van der Waals surface area contributed by atoms with Gasteiger partial charge in [0.2, 0.25) is 5.91 Å². The van der Waals surface area contributed by atoms with Crippen LogP contribution in [-0.4, -0.2) is 129 Å². The molecule has 5 N–H and O–H groups in total. The molecule has 8 fully saturated rings. The van der Waals surface area contributed by atoms with Gasteiger partial charge in [0.1, 0.15) is 6.04 Å². The molecule has 440 valence electrons. The molecule has 6 aromatic rings. The molecule has 81 heavy (non-hydrogen) atoms. The maximum atomic E-state index is 12.9. The third-order valence-corrected chi connectivity index (χ3v) is 19.9. The number of fused-ring (bicyclic) bond motifs is 10. The van der Waals surface area contributed by atoms with Crippen LogP contribution in [0.15, 0.2) is 24.5 Å². The minimum atomic E-state index is -0.727. The number of amides is 1. The molecule has 20 nitrogen and oxygen atoms in total. The first-order valence-corrected chi connectivity index (χ1v) is 29.4. The van der Waals surface area contributed by atoms with Crippen molar-refractivity contribution in [3.63, 3.8) is 0 Å². The Morgan fingerprint density at radius 2 is 1.19 bits per heavy atom. The minimum Gasteiger partial charge on any atom is -0.481 e. The van der Waals surface area contributed by atoms with Crippen LogP contribution < -0.4 is 26.2 Å². The van der Waals surface area contributed by atoms with Gasteiger partial charge >= 0.3 is 5.97 Å². The number of rotatable bonds is 9. The number of ether oxygens (including phenoxy) is 2. The van der Waals surface area contributed by atoms with Gasteiger partial charge in [0.15, 0.2) is 11.3 Å². The number of morpholine rings is 1. The van der Waals surface area contributed by atoms with Crippen LogP contribution >= 0.6 is 27.0 Å². The average molecular weight is 1150 g/mol. The summed E-state index contributed by atoms with van der Waals surface area (Å²) in [7, 11) is 3.92. The first kappa shape index (κ1) is 58.9. The number of nitrogens with one attached hydrogen (secondary N) is 2. The number of nitrogens with two attached hydrogens (primary N) is 1. The van der Waals surface area contributed by atoms with E-state index in [-0.39, 0.29) is 61.4 Å². The number of hydrogen-bond acceptors (Lipinski definition) is 14. The van der Waals surface area contributed by atoms with Gasteiger partial charge < -0.3 is 40.7 Å². The predicted octanol–water partition coefficient (Wildman–Crippen LogP) is 6.66. The molecule has 0 spiro atoms. The van der Waals surface area contributed by atoms with E-state index >= 15 is 0 Å². The van der Waals surface area contributed by atoms with Gasteiger partial charge in [-0.15, -0.1) is 0 Å². The van der Waals surface area contributed by atoms with Crippen LogP contribution in [0.3, 0.4) is 0 Å². The molecular weight excluding hydrogens is 1060 g/mol. The number of anilines is 2. The van der Waals surface area contributed by atoms with Crippen LogP contribution in [0, 0.1) is 44.4 Å². The van der Waals surface area contributed by atoms with Crippen LogP contribution in [0.2, 0.25) is 0 Å². The van der Waals surface area contributed by atoms with Crippen molar-refractivity contribution in [2.75, 3.05) is 55.9 Å². The van der Waals surface area contributed by atoms with Crippen molar-refractivity contribution < 1.29 is 24.2 Å². The summed E-state index contributed by atoms with van der Waals surface area (Å²) >= 11 is 0. The smallest absolute Gasteiger partial charge is 0.308 e. The molecule has 2 saturated heterocycles. The van der Waals surface area contributed by atoms with Gasteiger partial charge in [-0.1, -0.05) is 0 Å². The third-order valence-electron chi connectivity index (χ3n) is 19.9. The Kier molecular flexibility index (Phi) is 17.0. The average Bonchev–Trinajstić information content (AvgIpc) is 4.25. The lowest BCUT2D eigenvalue weighted by Crippen LogP contribution is -2.62. The molecule has 0 aromatic carbocycles. The molecule has 2 atom stereocenters. The highest BCUT2D eigenvalue weighted by atomic mass is 32.1. The number of aryl methyl sites for hydroxylation is 6. The molecular formula is C59H87N15O5S2. The molecule has 4 bridgehead atoms. The summed E-state index contributed by atoms with van der Waals surface area (Å²) < 4.78 is 18.9. The summed E-state index contributed by atoms with van der Waals surface area (Å²) in [5.74, 6) is -0.869. The lowest BCUT2D eigenvalue weighted by molar-refractivity contribution is -0.146. The van der Waals surface area contributed by atoms with E-state index in [0.29, 0.717) is 25.2 Å². The SMILES string of the molecule is Cc1cc(N2CCc3c(c(C)nn3CC34CCC(N)(CC3)CC4)C2)c2cnn(C)c2n1.Cc1cc(N2CCc3c(c(C)nn3CC34CCC(NC(=O)C5COCCN5)(CC3)CC4)C2)c2cnn(C)c2n1.O=C(O)[C@H]1CCCOC1.S.S. The van der Waals surface area contributed by atoms with Gasteiger partial charge in [-0.2, -0.15) is 47.4 Å². The largest absolute Gasteiger partial charge is 0.481 e. The van der Waals surface area contributed by atoms with Crippen molar-refractivity contribution in [1.82, 2.24) is 59.7 Å². The van der Waals surface area contributed by atoms with E-state index < -0.39 is 5.97 Å². The zero-order valence-corrected chi connectivity index (χ0v) is 50.6. The zero-order valence-electron chi connectivity index (χ0n) is 48.6. The fourth-order valence-corrected chi connectivity index (χ4v) is 14.8.